The highest BCUT2D eigenvalue weighted by Gasteiger charge is 2.27. The molecule has 0 atom stereocenters. The van der Waals surface area contributed by atoms with E-state index in [1.54, 1.807) is 22.6 Å². The molecule has 0 fully saturated rings. The van der Waals surface area contributed by atoms with Crippen molar-refractivity contribution in [2.45, 2.75) is 6.43 Å². The van der Waals surface area contributed by atoms with Crippen molar-refractivity contribution in [2.75, 3.05) is 0 Å². The summed E-state index contributed by atoms with van der Waals surface area (Å²) in [6.45, 7) is 0. The third-order valence-electron chi connectivity index (χ3n) is 1.53. The molecule has 0 aromatic carbocycles. The predicted molar refractivity (Wildman–Crippen MR) is 53.3 cm³/mol. The van der Waals surface area contributed by atoms with Crippen molar-refractivity contribution in [2.24, 2.45) is 0 Å². The minimum Gasteiger partial charge on any atom is -0.258 e. The fourth-order valence-electron chi connectivity index (χ4n) is 0.963. The molecule has 1 heterocycles. The second-order valence-electron chi connectivity index (χ2n) is 2.40. The fourth-order valence-corrected chi connectivity index (χ4v) is 1.50. The molecule has 0 N–H and O–H groups in total. The number of halogens is 3. The Bertz CT molecular complexity index is 458. The number of pyridine rings is 1. The van der Waals surface area contributed by atoms with Crippen LogP contribution in [0.2, 0.25) is 0 Å². The van der Waals surface area contributed by atoms with Crippen molar-refractivity contribution < 1.29 is 13.7 Å². The van der Waals surface area contributed by atoms with Crippen LogP contribution < -0.4 is 0 Å². The van der Waals surface area contributed by atoms with E-state index in [2.05, 4.69) is 4.98 Å². The van der Waals surface area contributed by atoms with Crippen LogP contribution in [0.15, 0.2) is 6.07 Å². The Morgan fingerprint density at radius 3 is 2.67 bits per heavy atom. The smallest absolute Gasteiger partial charge is 0.258 e. The van der Waals surface area contributed by atoms with Gasteiger partial charge >= 0.3 is 0 Å². The lowest BCUT2D eigenvalue weighted by atomic mass is 10.2. The Balaban J connectivity index is 3.56. The van der Waals surface area contributed by atoms with E-state index >= 15 is 0 Å². The Morgan fingerprint density at radius 2 is 2.27 bits per heavy atom. The fraction of sp³-hybridized carbons (Fsp3) is 0.143. The molecule has 15 heavy (non-hydrogen) atoms. The summed E-state index contributed by atoms with van der Waals surface area (Å²) in [5, 5.41) is 19.0. The Labute approximate surface area is 96.0 Å². The largest absolute Gasteiger partial charge is 0.283 e. The van der Waals surface area contributed by atoms with Crippen molar-refractivity contribution in [1.82, 2.24) is 4.98 Å². The Morgan fingerprint density at radius 1 is 1.67 bits per heavy atom. The van der Waals surface area contributed by atoms with E-state index < -0.39 is 28.3 Å². The van der Waals surface area contributed by atoms with Gasteiger partial charge in [0.25, 0.3) is 12.1 Å². The molecule has 1 rings (SSSR count). The van der Waals surface area contributed by atoms with E-state index in [-0.39, 0.29) is 3.70 Å². The maximum Gasteiger partial charge on any atom is 0.283 e. The molecule has 0 amide bonds. The van der Waals surface area contributed by atoms with Gasteiger partial charge in [-0.05, 0) is 22.6 Å². The van der Waals surface area contributed by atoms with E-state index in [1.807, 2.05) is 0 Å². The molecular formula is C7H2F2IN3O2. The molecule has 0 bridgehead atoms. The van der Waals surface area contributed by atoms with Crippen LogP contribution in [0.25, 0.3) is 0 Å². The molecule has 0 radical (unpaired) electrons. The van der Waals surface area contributed by atoms with Gasteiger partial charge in [-0.15, -0.1) is 0 Å². The SMILES string of the molecule is N#Cc1nc(I)cc([N+](=O)[O-])c1C(F)F. The third-order valence-corrected chi connectivity index (χ3v) is 2.08. The summed E-state index contributed by atoms with van der Waals surface area (Å²) in [4.78, 5) is 13.0. The van der Waals surface area contributed by atoms with Gasteiger partial charge < -0.3 is 0 Å². The molecule has 1 aromatic rings. The van der Waals surface area contributed by atoms with E-state index in [4.69, 9.17) is 5.26 Å². The Kier molecular flexibility index (Phi) is 3.46. The van der Waals surface area contributed by atoms with Gasteiger partial charge in [0.05, 0.1) is 4.92 Å². The first-order chi connectivity index (χ1) is 6.97. The third kappa shape index (κ3) is 2.35. The van der Waals surface area contributed by atoms with Crippen LogP contribution in [-0.4, -0.2) is 9.91 Å². The molecule has 8 heteroatoms. The molecule has 0 spiro atoms. The van der Waals surface area contributed by atoms with Gasteiger partial charge in [0, 0.05) is 6.07 Å². The van der Waals surface area contributed by atoms with Crippen LogP contribution in [0.5, 0.6) is 0 Å². The van der Waals surface area contributed by atoms with E-state index in [1.165, 1.54) is 6.07 Å². The first-order valence-electron chi connectivity index (χ1n) is 3.50. The number of alkyl halides is 2. The number of aromatic nitrogens is 1. The van der Waals surface area contributed by atoms with Crippen LogP contribution in [-0.2, 0) is 0 Å². The molecule has 0 saturated carbocycles. The van der Waals surface area contributed by atoms with Crippen LogP contribution in [0, 0.1) is 25.1 Å². The summed E-state index contributed by atoms with van der Waals surface area (Å²) in [5.41, 5.74) is -2.31. The molecule has 0 aliphatic carbocycles. The number of nitrogens with zero attached hydrogens (tertiary/aromatic N) is 3. The summed E-state index contributed by atoms with van der Waals surface area (Å²) in [5.74, 6) is 0. The molecular weight excluding hydrogens is 323 g/mol. The predicted octanol–water partition coefficient (Wildman–Crippen LogP) is 2.40. The van der Waals surface area contributed by atoms with Gasteiger partial charge in [0.2, 0.25) is 0 Å². The van der Waals surface area contributed by atoms with Crippen LogP contribution >= 0.6 is 22.6 Å². The monoisotopic (exact) mass is 325 g/mol. The van der Waals surface area contributed by atoms with Gasteiger partial charge in [0.1, 0.15) is 15.3 Å². The number of hydrogen-bond donors (Lipinski definition) is 0. The van der Waals surface area contributed by atoms with Gasteiger partial charge in [-0.25, -0.2) is 13.8 Å². The second-order valence-corrected chi connectivity index (χ2v) is 3.50. The van der Waals surface area contributed by atoms with E-state index in [0.717, 1.165) is 6.07 Å². The first-order valence-corrected chi connectivity index (χ1v) is 4.58. The second kappa shape index (κ2) is 4.43. The van der Waals surface area contributed by atoms with Crippen molar-refractivity contribution in [3.05, 3.63) is 31.1 Å². The van der Waals surface area contributed by atoms with Gasteiger partial charge in [-0.1, -0.05) is 0 Å². The van der Waals surface area contributed by atoms with Gasteiger partial charge in [-0.2, -0.15) is 5.26 Å². The number of hydrogen-bond acceptors (Lipinski definition) is 4. The highest BCUT2D eigenvalue weighted by atomic mass is 127. The maximum absolute atomic E-state index is 12.5. The summed E-state index contributed by atoms with van der Waals surface area (Å²) in [7, 11) is 0. The van der Waals surface area contributed by atoms with Gasteiger partial charge in [0.15, 0.2) is 5.69 Å². The summed E-state index contributed by atoms with van der Waals surface area (Å²) < 4.78 is 25.1. The number of rotatable bonds is 2. The van der Waals surface area contributed by atoms with Crippen LogP contribution in [0.1, 0.15) is 17.7 Å². The quantitative estimate of drug-likeness (QED) is 0.362. The summed E-state index contributed by atoms with van der Waals surface area (Å²) in [6, 6.07) is 2.32. The highest BCUT2D eigenvalue weighted by molar-refractivity contribution is 14.1. The van der Waals surface area contributed by atoms with Crippen molar-refractivity contribution in [1.29, 1.82) is 5.26 Å². The minimum absolute atomic E-state index is 0.125. The van der Waals surface area contributed by atoms with E-state index in [9.17, 15) is 18.9 Å². The normalized spacial score (nSPS) is 10.1. The standard InChI is InChI=1S/C7H2F2IN3O2/c8-7(9)6-3(2-11)12-5(10)1-4(6)13(14)15/h1,7H. The molecule has 78 valence electrons. The lowest BCUT2D eigenvalue weighted by Gasteiger charge is -2.03. The number of nitriles is 1. The van der Waals surface area contributed by atoms with Crippen molar-refractivity contribution in [3.63, 3.8) is 0 Å². The lowest BCUT2D eigenvalue weighted by Crippen LogP contribution is -2.03. The molecule has 0 aliphatic heterocycles. The molecule has 1 aromatic heterocycles. The minimum atomic E-state index is -3.09. The zero-order chi connectivity index (χ0) is 11.6. The molecule has 5 nitrogen and oxygen atoms in total. The summed E-state index contributed by atoms with van der Waals surface area (Å²) >= 11 is 1.62. The van der Waals surface area contributed by atoms with Gasteiger partial charge in [-0.3, -0.25) is 10.1 Å². The van der Waals surface area contributed by atoms with Crippen molar-refractivity contribution >= 4 is 28.3 Å². The average Bonchev–Trinajstić information content (AvgIpc) is 2.15. The maximum atomic E-state index is 12.5. The number of nitro groups is 1. The lowest BCUT2D eigenvalue weighted by molar-refractivity contribution is -0.386. The average molecular weight is 325 g/mol. The highest BCUT2D eigenvalue weighted by Crippen LogP contribution is 2.31. The van der Waals surface area contributed by atoms with Crippen LogP contribution in [0.3, 0.4) is 0 Å². The van der Waals surface area contributed by atoms with Crippen LogP contribution in [0.4, 0.5) is 14.5 Å². The van der Waals surface area contributed by atoms with Crippen molar-refractivity contribution in [3.8, 4) is 6.07 Å². The topological polar surface area (TPSA) is 79.8 Å². The molecule has 0 unspecified atom stereocenters. The van der Waals surface area contributed by atoms with E-state index in [0.29, 0.717) is 0 Å². The zero-order valence-corrected chi connectivity index (χ0v) is 9.10. The molecule has 0 saturated heterocycles. The molecule has 0 aliphatic rings. The Hall–Kier alpha value is -1.37. The zero-order valence-electron chi connectivity index (χ0n) is 6.95. The summed E-state index contributed by atoms with van der Waals surface area (Å²) in [6.07, 6.45) is -3.09. The first kappa shape index (κ1) is 11.7.